The Hall–Kier alpha value is -0.473. The second-order valence-electron chi connectivity index (χ2n) is 8.22. The van der Waals surface area contributed by atoms with Gasteiger partial charge in [-0.2, -0.15) is 0 Å². The summed E-state index contributed by atoms with van der Waals surface area (Å²) >= 11 is 0. The number of hydrogen-bond donors (Lipinski definition) is 0. The quantitative estimate of drug-likeness (QED) is 0.378. The summed E-state index contributed by atoms with van der Waals surface area (Å²) in [5.74, 6) is 0.218. The lowest BCUT2D eigenvalue weighted by atomic mass is 10.1. The summed E-state index contributed by atoms with van der Waals surface area (Å²) in [7, 11) is -0.275. The van der Waals surface area contributed by atoms with Crippen LogP contribution in [0.4, 0.5) is 0 Å². The first-order valence-corrected chi connectivity index (χ1v) is 11.7. The third-order valence-corrected chi connectivity index (χ3v) is 10.0. The molecule has 0 bridgehead atoms. The molecule has 3 atom stereocenters. The first-order valence-electron chi connectivity index (χ1n) is 8.83. The fraction of sp³-hybridized carbons (Fsp3) is 0.941. The maximum atomic E-state index is 12.1. The van der Waals surface area contributed by atoms with Gasteiger partial charge in [-0.3, -0.25) is 4.79 Å². The van der Waals surface area contributed by atoms with Crippen LogP contribution < -0.4 is 0 Å². The topological polar surface area (TPSA) is 57.2 Å². The van der Waals surface area contributed by atoms with Crippen molar-refractivity contribution >= 4 is 14.2 Å². The number of rotatable bonds is 8. The summed E-state index contributed by atoms with van der Waals surface area (Å²) in [5, 5.41) is 0.129. The number of hydrogen-bond acceptors (Lipinski definition) is 5. The standard InChI is InChI=1S/C17H33NO5Si/c1-17(2,3)24(5,6)23-14-11-18-13(7-8-15(18)19)16(14)22-12-21-10-9-20-4/h13-14,16H,7-12H2,1-6H3/t13-,14-,16-/m1/s1. The minimum Gasteiger partial charge on any atom is -0.409 e. The van der Waals surface area contributed by atoms with Gasteiger partial charge >= 0.3 is 0 Å². The minimum atomic E-state index is -1.92. The highest BCUT2D eigenvalue weighted by molar-refractivity contribution is 6.74. The molecule has 2 fully saturated rings. The monoisotopic (exact) mass is 359 g/mol. The van der Waals surface area contributed by atoms with Gasteiger partial charge in [0.15, 0.2) is 8.32 Å². The molecule has 7 heteroatoms. The summed E-state index contributed by atoms with van der Waals surface area (Å²) in [6, 6.07) is 0.123. The number of carbonyl (C=O) groups is 1. The van der Waals surface area contributed by atoms with Crippen LogP contribution in [0.5, 0.6) is 0 Å². The molecule has 2 aliphatic rings. The molecule has 0 spiro atoms. The SMILES string of the molecule is COCCOCO[C@@H]1[C@H]2CCC(=O)N2C[C@H]1O[Si](C)(C)C(C)(C)C. The Labute approximate surface area is 146 Å². The summed E-state index contributed by atoms with van der Waals surface area (Å²) < 4.78 is 23.0. The molecule has 0 aromatic carbocycles. The van der Waals surface area contributed by atoms with Gasteiger partial charge in [-0.1, -0.05) is 20.8 Å². The zero-order valence-electron chi connectivity index (χ0n) is 16.0. The average molecular weight is 360 g/mol. The molecule has 2 rings (SSSR count). The van der Waals surface area contributed by atoms with Crippen molar-refractivity contribution < 1.29 is 23.4 Å². The molecular formula is C17H33NO5Si. The molecule has 2 aliphatic heterocycles. The number of fused-ring (bicyclic) bond motifs is 1. The summed E-state index contributed by atoms with van der Waals surface area (Å²) in [6.07, 6.45) is 1.29. The number of nitrogens with zero attached hydrogens (tertiary/aromatic N) is 1. The predicted molar refractivity (Wildman–Crippen MR) is 94.4 cm³/mol. The zero-order chi connectivity index (χ0) is 18.0. The largest absolute Gasteiger partial charge is 0.409 e. The van der Waals surface area contributed by atoms with Gasteiger partial charge in [0.2, 0.25) is 5.91 Å². The van der Waals surface area contributed by atoms with Crippen LogP contribution in [-0.2, 0) is 23.4 Å². The Kier molecular flexibility index (Phi) is 6.47. The molecule has 0 radical (unpaired) electrons. The molecule has 0 aliphatic carbocycles. The number of methoxy groups -OCH3 is 1. The first kappa shape index (κ1) is 19.8. The predicted octanol–water partition coefficient (Wildman–Crippen LogP) is 2.39. The molecule has 2 saturated heterocycles. The van der Waals surface area contributed by atoms with Gasteiger partial charge in [-0.05, 0) is 24.6 Å². The van der Waals surface area contributed by atoms with Gasteiger partial charge in [0.1, 0.15) is 12.9 Å². The van der Waals surface area contributed by atoms with Crippen LogP contribution in [0.15, 0.2) is 0 Å². The van der Waals surface area contributed by atoms with Crippen molar-refractivity contribution in [2.45, 2.75) is 70.0 Å². The van der Waals surface area contributed by atoms with Crippen LogP contribution in [0.25, 0.3) is 0 Å². The van der Waals surface area contributed by atoms with Crippen LogP contribution in [0.3, 0.4) is 0 Å². The zero-order valence-corrected chi connectivity index (χ0v) is 17.0. The van der Waals surface area contributed by atoms with Crippen molar-refractivity contribution in [2.24, 2.45) is 0 Å². The Morgan fingerprint density at radius 3 is 2.58 bits per heavy atom. The van der Waals surface area contributed by atoms with E-state index in [1.165, 1.54) is 0 Å². The molecule has 0 unspecified atom stereocenters. The molecule has 2 heterocycles. The average Bonchev–Trinajstić information content (AvgIpc) is 2.98. The van der Waals surface area contributed by atoms with Crippen LogP contribution in [0.1, 0.15) is 33.6 Å². The van der Waals surface area contributed by atoms with Crippen LogP contribution in [-0.4, -0.2) is 71.0 Å². The summed E-state index contributed by atoms with van der Waals surface area (Å²) in [6.45, 7) is 13.1. The van der Waals surface area contributed by atoms with Crippen molar-refractivity contribution in [3.05, 3.63) is 0 Å². The number of ether oxygens (including phenoxy) is 3. The fourth-order valence-corrected chi connectivity index (χ4v) is 4.41. The van der Waals surface area contributed by atoms with E-state index < -0.39 is 8.32 Å². The highest BCUT2D eigenvalue weighted by atomic mass is 28.4. The lowest BCUT2D eigenvalue weighted by molar-refractivity contribution is -0.131. The molecule has 0 saturated carbocycles. The molecular weight excluding hydrogens is 326 g/mol. The lowest BCUT2D eigenvalue weighted by Gasteiger charge is -2.39. The molecule has 0 N–H and O–H groups in total. The lowest BCUT2D eigenvalue weighted by Crippen LogP contribution is -2.48. The van der Waals surface area contributed by atoms with Gasteiger partial charge in [0.25, 0.3) is 0 Å². The van der Waals surface area contributed by atoms with Crippen LogP contribution in [0, 0.1) is 0 Å². The second kappa shape index (κ2) is 7.82. The first-order chi connectivity index (χ1) is 11.2. The highest BCUT2D eigenvalue weighted by Crippen LogP contribution is 2.41. The van der Waals surface area contributed by atoms with Gasteiger partial charge < -0.3 is 23.5 Å². The van der Waals surface area contributed by atoms with E-state index in [1.54, 1.807) is 7.11 Å². The number of carbonyl (C=O) groups excluding carboxylic acids is 1. The molecule has 140 valence electrons. The van der Waals surface area contributed by atoms with E-state index >= 15 is 0 Å². The van der Waals surface area contributed by atoms with Crippen LogP contribution >= 0.6 is 0 Å². The fourth-order valence-electron chi connectivity index (χ4n) is 3.09. The Bertz CT molecular complexity index is 437. The van der Waals surface area contributed by atoms with E-state index in [1.807, 2.05) is 4.90 Å². The summed E-state index contributed by atoms with van der Waals surface area (Å²) in [5.41, 5.74) is 0. The van der Waals surface area contributed by atoms with E-state index in [-0.39, 0.29) is 36.0 Å². The van der Waals surface area contributed by atoms with Crippen molar-refractivity contribution in [2.75, 3.05) is 33.7 Å². The third kappa shape index (κ3) is 4.38. The Morgan fingerprint density at radius 2 is 1.96 bits per heavy atom. The van der Waals surface area contributed by atoms with E-state index in [0.717, 1.165) is 6.42 Å². The van der Waals surface area contributed by atoms with Crippen molar-refractivity contribution in [1.82, 2.24) is 4.90 Å². The van der Waals surface area contributed by atoms with Gasteiger partial charge in [-0.25, -0.2) is 0 Å². The minimum absolute atomic E-state index is 0.0637. The van der Waals surface area contributed by atoms with Gasteiger partial charge in [0.05, 0.1) is 25.4 Å². The smallest absolute Gasteiger partial charge is 0.223 e. The van der Waals surface area contributed by atoms with E-state index in [0.29, 0.717) is 26.2 Å². The molecule has 0 aromatic rings. The summed E-state index contributed by atoms with van der Waals surface area (Å²) in [4.78, 5) is 14.0. The van der Waals surface area contributed by atoms with Gasteiger partial charge in [0, 0.05) is 20.1 Å². The molecule has 0 aromatic heterocycles. The molecule has 1 amide bonds. The van der Waals surface area contributed by atoms with Crippen molar-refractivity contribution in [3.63, 3.8) is 0 Å². The number of amides is 1. The molecule has 6 nitrogen and oxygen atoms in total. The highest BCUT2D eigenvalue weighted by Gasteiger charge is 2.51. The van der Waals surface area contributed by atoms with Crippen molar-refractivity contribution in [1.29, 1.82) is 0 Å². The van der Waals surface area contributed by atoms with E-state index in [4.69, 9.17) is 18.6 Å². The van der Waals surface area contributed by atoms with Gasteiger partial charge in [-0.15, -0.1) is 0 Å². The van der Waals surface area contributed by atoms with Crippen molar-refractivity contribution in [3.8, 4) is 0 Å². The third-order valence-electron chi connectivity index (χ3n) is 5.52. The Balaban J connectivity index is 2.00. The van der Waals surface area contributed by atoms with E-state index in [2.05, 4.69) is 33.9 Å². The second-order valence-corrected chi connectivity index (χ2v) is 13.0. The normalized spacial score (nSPS) is 27.8. The van der Waals surface area contributed by atoms with E-state index in [9.17, 15) is 4.79 Å². The maximum absolute atomic E-state index is 12.1. The maximum Gasteiger partial charge on any atom is 0.223 e. The van der Waals surface area contributed by atoms with Crippen LogP contribution in [0.2, 0.25) is 18.1 Å². The molecule has 24 heavy (non-hydrogen) atoms. The Morgan fingerprint density at radius 1 is 1.25 bits per heavy atom.